The topological polar surface area (TPSA) is 69.6 Å². The number of carbonyl (C=O) groups excluding carboxylic acids is 1. The van der Waals surface area contributed by atoms with E-state index in [4.69, 9.17) is 5.11 Å². The summed E-state index contributed by atoms with van der Waals surface area (Å²) in [7, 11) is 0. The van der Waals surface area contributed by atoms with Gasteiger partial charge in [-0.3, -0.25) is 0 Å². The van der Waals surface area contributed by atoms with E-state index in [1.165, 1.54) is 0 Å². The molecule has 0 aliphatic rings. The molecule has 0 atom stereocenters. The van der Waals surface area contributed by atoms with E-state index in [1.54, 1.807) is 0 Å². The summed E-state index contributed by atoms with van der Waals surface area (Å²) in [4.78, 5) is 9.56. The fourth-order valence-electron chi connectivity index (χ4n) is 0.220. The van der Waals surface area contributed by atoms with Crippen LogP contribution < -0.4 is 56.5 Å². The first-order valence-corrected chi connectivity index (χ1v) is 2.16. The molecule has 9 heavy (non-hydrogen) atoms. The van der Waals surface area contributed by atoms with Crippen molar-refractivity contribution in [3.05, 3.63) is 0 Å². The largest absolute Gasteiger partial charge is 1.00 e. The monoisotopic (exact) mass is 158 g/mol. The maximum Gasteiger partial charge on any atom is 1.00 e. The van der Waals surface area contributed by atoms with Crippen LogP contribution >= 0.6 is 0 Å². The fourth-order valence-corrected chi connectivity index (χ4v) is 0.220. The van der Waals surface area contributed by atoms with Gasteiger partial charge in [0.15, 0.2) is 0 Å². The quantitative estimate of drug-likeness (QED) is 0.328. The van der Waals surface area contributed by atoms with Crippen LogP contribution in [0.5, 0.6) is 0 Å². The molecule has 0 aromatic carbocycles. The number of carbonyl (C=O) groups is 1. The van der Waals surface area contributed by atoms with E-state index in [-0.39, 0.29) is 64.6 Å². The van der Waals surface area contributed by atoms with Gasteiger partial charge in [0.2, 0.25) is 0 Å². The van der Waals surface area contributed by atoms with Crippen LogP contribution in [-0.4, -0.2) is 30.9 Å². The Balaban J connectivity index is 0. The molecular weight excluding hydrogens is 151 g/mol. The molecule has 0 spiro atoms. The number of aliphatic hydroxyl groups excluding tert-OH is 1. The van der Waals surface area contributed by atoms with Gasteiger partial charge >= 0.3 is 51.4 Å². The van der Waals surface area contributed by atoms with Crippen LogP contribution in [0, 0.1) is 0 Å². The van der Waals surface area contributed by atoms with Gasteiger partial charge in [-0.15, -0.1) is 0 Å². The molecule has 0 aromatic rings. The summed E-state index contributed by atoms with van der Waals surface area (Å²) in [6.07, 6.45) is 0. The second-order valence-electron chi connectivity index (χ2n) is 1.15. The zero-order valence-corrected chi connectivity index (χ0v) is 8.42. The average Bonchev–Trinajstić information content (AvgIpc) is 1.66. The predicted octanol–water partition coefficient (Wildman–Crippen LogP) is -5.25. The Morgan fingerprint density at radius 2 is 2.22 bits per heavy atom. The smallest absolute Gasteiger partial charge is 0.548 e. The number of rotatable bonds is 4. The van der Waals surface area contributed by atoms with Gasteiger partial charge in [0.1, 0.15) is 0 Å². The summed E-state index contributed by atoms with van der Waals surface area (Å²) >= 11 is 0. The number of aliphatic hydroxyl groups is 1. The second kappa shape index (κ2) is 9.03. The van der Waals surface area contributed by atoms with Crippen LogP contribution in [0.25, 0.3) is 0 Å². The Labute approximate surface area is 95.6 Å². The minimum Gasteiger partial charge on any atom is -0.548 e. The number of hydrogen-bond donors (Lipinski definition) is 1. The average molecular weight is 158 g/mol. The van der Waals surface area contributed by atoms with Gasteiger partial charge in [-0.1, -0.05) is 0 Å². The Hall–Kier alpha value is 1.03. The molecule has 0 amide bonds. The fraction of sp³-hybridized carbons (Fsp3) is 0.750. The van der Waals surface area contributed by atoms with E-state index in [0.29, 0.717) is 0 Å². The van der Waals surface area contributed by atoms with Gasteiger partial charge in [-0.25, -0.2) is 0 Å². The molecule has 0 aromatic heterocycles. The molecule has 0 fully saturated rings. The molecule has 0 saturated heterocycles. The molecule has 0 unspecified atom stereocenters. The summed E-state index contributed by atoms with van der Waals surface area (Å²) in [5.74, 6) is -1.27. The molecule has 0 heterocycles. The molecule has 0 aliphatic heterocycles. The summed E-state index contributed by atoms with van der Waals surface area (Å²) in [5.41, 5.74) is 0. The van der Waals surface area contributed by atoms with Crippen molar-refractivity contribution in [2.75, 3.05) is 19.8 Å². The van der Waals surface area contributed by atoms with Gasteiger partial charge in [0.05, 0.1) is 25.8 Å². The van der Waals surface area contributed by atoms with Crippen LogP contribution in [-0.2, 0) is 9.53 Å². The first kappa shape index (κ1) is 12.7. The number of aliphatic carboxylic acids is 1. The number of carboxylic acid groups (broad SMARTS) is 1. The number of carboxylic acids is 1. The molecule has 0 bridgehead atoms. The van der Waals surface area contributed by atoms with Crippen molar-refractivity contribution in [3.8, 4) is 0 Å². The third kappa shape index (κ3) is 12.3. The third-order valence-corrected chi connectivity index (χ3v) is 0.456. The van der Waals surface area contributed by atoms with Crippen molar-refractivity contribution >= 4 is 5.97 Å². The summed E-state index contributed by atoms with van der Waals surface area (Å²) in [5, 5.41) is 17.6. The van der Waals surface area contributed by atoms with Crippen LogP contribution in [0.4, 0.5) is 0 Å². The van der Waals surface area contributed by atoms with Gasteiger partial charge < -0.3 is 19.7 Å². The van der Waals surface area contributed by atoms with Gasteiger partial charge in [0, 0.05) is 0 Å². The Morgan fingerprint density at radius 1 is 1.67 bits per heavy atom. The van der Waals surface area contributed by atoms with Crippen molar-refractivity contribution in [1.82, 2.24) is 0 Å². The van der Waals surface area contributed by atoms with Crippen LogP contribution in [0.1, 0.15) is 0 Å². The van der Waals surface area contributed by atoms with E-state index in [9.17, 15) is 9.90 Å². The van der Waals surface area contributed by atoms with E-state index in [1.807, 2.05) is 0 Å². The molecule has 0 saturated carbocycles. The maximum atomic E-state index is 9.56. The molecule has 5 heteroatoms. The second-order valence-corrected chi connectivity index (χ2v) is 1.15. The zero-order valence-electron chi connectivity index (χ0n) is 5.29. The van der Waals surface area contributed by atoms with Crippen LogP contribution in [0.3, 0.4) is 0 Å². The molecule has 48 valence electrons. The van der Waals surface area contributed by atoms with Crippen molar-refractivity contribution in [2.45, 2.75) is 0 Å². The van der Waals surface area contributed by atoms with Crippen molar-refractivity contribution in [3.63, 3.8) is 0 Å². The standard InChI is InChI=1S/C4H8O4.K/c5-1-2-8-3-4(6)7;/h5H,1-3H2,(H,6,7);/q;+1/p-1. The SMILES string of the molecule is O=C([O-])COCCO.[K+]. The Morgan fingerprint density at radius 3 is 2.56 bits per heavy atom. The zero-order chi connectivity index (χ0) is 6.41. The number of hydrogen-bond acceptors (Lipinski definition) is 4. The third-order valence-electron chi connectivity index (χ3n) is 0.456. The van der Waals surface area contributed by atoms with Crippen molar-refractivity contribution < 1.29 is 71.1 Å². The van der Waals surface area contributed by atoms with E-state index in [2.05, 4.69) is 4.74 Å². The molecule has 4 nitrogen and oxygen atoms in total. The summed E-state index contributed by atoms with van der Waals surface area (Å²) < 4.78 is 4.33. The summed E-state index contributed by atoms with van der Waals surface area (Å²) in [6, 6.07) is 0. The summed E-state index contributed by atoms with van der Waals surface area (Å²) in [6.45, 7) is -0.554. The number of ether oxygens (including phenoxy) is 1. The van der Waals surface area contributed by atoms with Crippen LogP contribution in [0.2, 0.25) is 0 Å². The molecule has 0 aliphatic carbocycles. The molecule has 1 N–H and O–H groups in total. The predicted molar refractivity (Wildman–Crippen MR) is 22.9 cm³/mol. The first-order valence-electron chi connectivity index (χ1n) is 2.16. The van der Waals surface area contributed by atoms with Crippen molar-refractivity contribution in [2.24, 2.45) is 0 Å². The van der Waals surface area contributed by atoms with E-state index < -0.39 is 12.6 Å². The van der Waals surface area contributed by atoms with Crippen LogP contribution in [0.15, 0.2) is 0 Å². The Kier molecular flexibility index (Phi) is 12.7. The molecule has 0 radical (unpaired) electrons. The van der Waals surface area contributed by atoms with Gasteiger partial charge in [-0.05, 0) is 0 Å². The normalized spacial score (nSPS) is 8.11. The van der Waals surface area contributed by atoms with Gasteiger partial charge in [-0.2, -0.15) is 0 Å². The molecular formula is C4H7KO4. The first-order chi connectivity index (χ1) is 3.77. The van der Waals surface area contributed by atoms with E-state index in [0.717, 1.165) is 0 Å². The van der Waals surface area contributed by atoms with Gasteiger partial charge in [0.25, 0.3) is 0 Å². The van der Waals surface area contributed by atoms with E-state index >= 15 is 0 Å². The Bertz CT molecular complexity index is 75.0. The molecule has 0 rings (SSSR count). The maximum absolute atomic E-state index is 9.56. The minimum atomic E-state index is -1.27. The minimum absolute atomic E-state index is 0. The van der Waals surface area contributed by atoms with Crippen molar-refractivity contribution in [1.29, 1.82) is 0 Å².